The summed E-state index contributed by atoms with van der Waals surface area (Å²) in [4.78, 5) is 7.83. The average molecular weight is 275 g/mol. The fourth-order valence-corrected chi connectivity index (χ4v) is 1.78. The summed E-state index contributed by atoms with van der Waals surface area (Å²) in [6.45, 7) is 0.560. The second-order valence-corrected chi connectivity index (χ2v) is 4.07. The number of nitrogen functional groups attached to an aromatic ring is 2. The van der Waals surface area contributed by atoms with Gasteiger partial charge in [0.05, 0.1) is 0 Å². The summed E-state index contributed by atoms with van der Waals surface area (Å²) >= 11 is 0. The maximum Gasteiger partial charge on any atom is 0.231 e. The van der Waals surface area contributed by atoms with Crippen LogP contribution in [0.25, 0.3) is 0 Å². The van der Waals surface area contributed by atoms with E-state index >= 15 is 0 Å². The third kappa shape index (κ3) is 2.50. The van der Waals surface area contributed by atoms with E-state index in [-0.39, 0.29) is 12.7 Å². The van der Waals surface area contributed by atoms with Gasteiger partial charge in [-0.1, -0.05) is 6.07 Å². The highest BCUT2D eigenvalue weighted by Crippen LogP contribution is 2.32. The number of nitrogens with zero attached hydrogens (tertiary/aromatic N) is 2. The molecule has 1 aromatic heterocycles. The predicted octanol–water partition coefficient (Wildman–Crippen LogP) is 0.652. The van der Waals surface area contributed by atoms with Crippen molar-refractivity contribution in [1.82, 2.24) is 9.97 Å². The molecule has 8 nitrogen and oxygen atoms in total. The first-order valence-electron chi connectivity index (χ1n) is 5.87. The van der Waals surface area contributed by atoms with Crippen LogP contribution in [0.4, 0.5) is 11.8 Å². The molecule has 0 amide bonds. The third-order valence-electron chi connectivity index (χ3n) is 2.69. The second kappa shape index (κ2) is 5.10. The van der Waals surface area contributed by atoms with Gasteiger partial charge in [-0.25, -0.2) is 5.84 Å². The molecule has 0 saturated carbocycles. The molecule has 3 rings (SSSR count). The standard InChI is InChI=1S/C12H13N5O3/c13-12-15-10(17-14)4-11(16-12)18-5-7-1-2-8-9(3-7)20-6-19-8/h1-4H,5-6,14H2,(H3,13,15,16,17). The summed E-state index contributed by atoms with van der Waals surface area (Å²) in [5, 5.41) is 0. The van der Waals surface area contributed by atoms with Gasteiger partial charge in [-0.2, -0.15) is 9.97 Å². The van der Waals surface area contributed by atoms with E-state index < -0.39 is 0 Å². The zero-order valence-electron chi connectivity index (χ0n) is 10.5. The van der Waals surface area contributed by atoms with Crippen molar-refractivity contribution in [2.24, 2.45) is 5.84 Å². The lowest BCUT2D eigenvalue weighted by Crippen LogP contribution is -2.11. The molecule has 5 N–H and O–H groups in total. The second-order valence-electron chi connectivity index (χ2n) is 4.07. The third-order valence-corrected chi connectivity index (χ3v) is 2.69. The van der Waals surface area contributed by atoms with Gasteiger partial charge in [0, 0.05) is 6.07 Å². The Labute approximate surface area is 114 Å². The minimum atomic E-state index is 0.0844. The lowest BCUT2D eigenvalue weighted by Gasteiger charge is -2.08. The first-order chi connectivity index (χ1) is 9.74. The monoisotopic (exact) mass is 275 g/mol. The molecular weight excluding hydrogens is 262 g/mol. The number of hydrazine groups is 1. The molecule has 0 aliphatic carbocycles. The van der Waals surface area contributed by atoms with E-state index in [4.69, 9.17) is 25.8 Å². The molecule has 0 spiro atoms. The van der Waals surface area contributed by atoms with Gasteiger partial charge in [0.1, 0.15) is 12.4 Å². The van der Waals surface area contributed by atoms with E-state index in [1.165, 1.54) is 0 Å². The van der Waals surface area contributed by atoms with Crippen molar-refractivity contribution in [3.63, 3.8) is 0 Å². The fraction of sp³-hybridized carbons (Fsp3) is 0.167. The molecule has 2 heterocycles. The number of nitrogens with two attached hydrogens (primary N) is 2. The number of hydrogen-bond donors (Lipinski definition) is 3. The summed E-state index contributed by atoms with van der Waals surface area (Å²) in [7, 11) is 0. The highest BCUT2D eigenvalue weighted by Gasteiger charge is 2.13. The minimum absolute atomic E-state index is 0.0844. The summed E-state index contributed by atoms with van der Waals surface area (Å²) in [5.41, 5.74) is 8.86. The van der Waals surface area contributed by atoms with Crippen LogP contribution in [-0.4, -0.2) is 16.8 Å². The first-order valence-corrected chi connectivity index (χ1v) is 5.87. The molecule has 1 aliphatic rings. The molecule has 0 atom stereocenters. The van der Waals surface area contributed by atoms with E-state index in [1.54, 1.807) is 6.07 Å². The van der Waals surface area contributed by atoms with Crippen LogP contribution >= 0.6 is 0 Å². The van der Waals surface area contributed by atoms with Gasteiger partial charge in [0.25, 0.3) is 0 Å². The highest BCUT2D eigenvalue weighted by atomic mass is 16.7. The van der Waals surface area contributed by atoms with Crippen molar-refractivity contribution >= 4 is 11.8 Å². The van der Waals surface area contributed by atoms with Crippen LogP contribution in [0.5, 0.6) is 17.4 Å². The van der Waals surface area contributed by atoms with E-state index in [2.05, 4.69) is 15.4 Å². The number of nitrogens with one attached hydrogen (secondary N) is 1. The molecule has 1 aliphatic heterocycles. The molecule has 2 aromatic rings. The molecular formula is C12H13N5O3. The van der Waals surface area contributed by atoms with Gasteiger partial charge in [-0.15, -0.1) is 0 Å². The van der Waals surface area contributed by atoms with Crippen LogP contribution in [0, 0.1) is 0 Å². The Balaban J connectivity index is 1.71. The van der Waals surface area contributed by atoms with Crippen molar-refractivity contribution in [1.29, 1.82) is 0 Å². The minimum Gasteiger partial charge on any atom is -0.473 e. The summed E-state index contributed by atoms with van der Waals surface area (Å²) in [5.74, 6) is 7.52. The van der Waals surface area contributed by atoms with E-state index in [0.717, 1.165) is 11.3 Å². The van der Waals surface area contributed by atoms with Gasteiger partial charge in [0.2, 0.25) is 18.6 Å². The Morgan fingerprint density at radius 1 is 1.20 bits per heavy atom. The normalized spacial score (nSPS) is 12.2. The van der Waals surface area contributed by atoms with Crippen LogP contribution < -0.4 is 31.2 Å². The molecule has 104 valence electrons. The summed E-state index contributed by atoms with van der Waals surface area (Å²) in [6, 6.07) is 7.14. The van der Waals surface area contributed by atoms with Crippen molar-refractivity contribution < 1.29 is 14.2 Å². The van der Waals surface area contributed by atoms with E-state index in [9.17, 15) is 0 Å². The smallest absolute Gasteiger partial charge is 0.231 e. The molecule has 0 unspecified atom stereocenters. The van der Waals surface area contributed by atoms with Crippen LogP contribution in [0.15, 0.2) is 24.3 Å². The molecule has 8 heteroatoms. The number of benzene rings is 1. The van der Waals surface area contributed by atoms with Gasteiger partial charge in [-0.05, 0) is 17.7 Å². The quantitative estimate of drug-likeness (QED) is 0.550. The number of ether oxygens (including phenoxy) is 3. The zero-order valence-corrected chi connectivity index (χ0v) is 10.5. The Morgan fingerprint density at radius 2 is 2.05 bits per heavy atom. The Hall–Kier alpha value is -2.74. The van der Waals surface area contributed by atoms with Gasteiger partial charge in [-0.3, -0.25) is 0 Å². The van der Waals surface area contributed by atoms with Gasteiger partial charge < -0.3 is 25.4 Å². The van der Waals surface area contributed by atoms with Crippen LogP contribution in [0.1, 0.15) is 5.56 Å². The molecule has 0 bridgehead atoms. The Bertz CT molecular complexity index is 634. The lowest BCUT2D eigenvalue weighted by molar-refractivity contribution is 0.174. The van der Waals surface area contributed by atoms with Crippen molar-refractivity contribution in [3.05, 3.63) is 29.8 Å². The largest absolute Gasteiger partial charge is 0.473 e. The Morgan fingerprint density at radius 3 is 2.90 bits per heavy atom. The van der Waals surface area contributed by atoms with Crippen molar-refractivity contribution in [2.75, 3.05) is 18.0 Å². The SMILES string of the molecule is NNc1cc(OCc2ccc3c(c2)OCO3)nc(N)n1. The molecule has 0 radical (unpaired) electrons. The predicted molar refractivity (Wildman–Crippen MR) is 71.2 cm³/mol. The van der Waals surface area contributed by atoms with Crippen LogP contribution in [-0.2, 0) is 6.61 Å². The highest BCUT2D eigenvalue weighted by molar-refractivity contribution is 5.45. The van der Waals surface area contributed by atoms with E-state index in [0.29, 0.717) is 24.1 Å². The van der Waals surface area contributed by atoms with E-state index in [1.807, 2.05) is 18.2 Å². The average Bonchev–Trinajstić information content (AvgIpc) is 2.92. The summed E-state index contributed by atoms with van der Waals surface area (Å²) < 4.78 is 16.1. The van der Waals surface area contributed by atoms with Crippen LogP contribution in [0.2, 0.25) is 0 Å². The number of hydrogen-bond acceptors (Lipinski definition) is 8. The summed E-state index contributed by atoms with van der Waals surface area (Å²) in [6.07, 6.45) is 0. The molecule has 0 saturated heterocycles. The zero-order chi connectivity index (χ0) is 13.9. The number of fused-ring (bicyclic) bond motifs is 1. The van der Waals surface area contributed by atoms with Gasteiger partial charge >= 0.3 is 0 Å². The first kappa shape index (κ1) is 12.3. The maximum atomic E-state index is 5.55. The molecule has 1 aromatic carbocycles. The molecule has 0 fully saturated rings. The number of aromatic nitrogens is 2. The van der Waals surface area contributed by atoms with Gasteiger partial charge in [0.15, 0.2) is 11.5 Å². The lowest BCUT2D eigenvalue weighted by atomic mass is 10.2. The number of rotatable bonds is 4. The molecule has 20 heavy (non-hydrogen) atoms. The van der Waals surface area contributed by atoms with Crippen molar-refractivity contribution in [3.8, 4) is 17.4 Å². The topological polar surface area (TPSA) is 118 Å². The maximum absolute atomic E-state index is 5.55. The number of anilines is 2. The fourth-order valence-electron chi connectivity index (χ4n) is 1.78. The van der Waals surface area contributed by atoms with Crippen LogP contribution in [0.3, 0.4) is 0 Å². The van der Waals surface area contributed by atoms with Crippen molar-refractivity contribution in [2.45, 2.75) is 6.61 Å². The Kier molecular flexibility index (Phi) is 3.13.